The predicted molar refractivity (Wildman–Crippen MR) is 71.0 cm³/mol. The van der Waals surface area contributed by atoms with Crippen LogP contribution in [0.2, 0.25) is 5.02 Å². The molecule has 2 aromatic heterocycles. The van der Waals surface area contributed by atoms with E-state index in [0.717, 1.165) is 4.68 Å². The average molecular weight is 298 g/mol. The Balaban J connectivity index is 2.28. The molecule has 2 aromatic rings. The second kappa shape index (κ2) is 5.33. The number of anilines is 1. The number of carbonyl (C=O) groups excluding carboxylic acids is 1. The van der Waals surface area contributed by atoms with Crippen molar-refractivity contribution in [2.45, 2.75) is 13.5 Å². The minimum Gasteiger partial charge on any atom is -0.476 e. The monoisotopic (exact) mass is 297 g/mol. The fraction of sp³-hybridized carbons (Fsp3) is 0.273. The van der Waals surface area contributed by atoms with Gasteiger partial charge in [-0.05, 0) is 6.92 Å². The number of aromatic nitrogens is 4. The van der Waals surface area contributed by atoms with Crippen LogP contribution in [0.1, 0.15) is 27.9 Å². The van der Waals surface area contributed by atoms with E-state index in [1.807, 2.05) is 6.92 Å². The molecule has 2 N–H and O–H groups in total. The van der Waals surface area contributed by atoms with Gasteiger partial charge >= 0.3 is 5.97 Å². The van der Waals surface area contributed by atoms with Gasteiger partial charge in [-0.15, -0.1) is 0 Å². The summed E-state index contributed by atoms with van der Waals surface area (Å²) in [6, 6.07) is 0. The summed E-state index contributed by atoms with van der Waals surface area (Å²) < 4.78 is 2.67. The first-order valence-corrected chi connectivity index (χ1v) is 6.11. The summed E-state index contributed by atoms with van der Waals surface area (Å²) in [5.74, 6) is -1.77. The Hall–Kier alpha value is -2.35. The van der Waals surface area contributed by atoms with Crippen LogP contribution in [0, 0.1) is 0 Å². The molecule has 0 aliphatic carbocycles. The summed E-state index contributed by atoms with van der Waals surface area (Å²) in [6.45, 7) is 2.43. The van der Waals surface area contributed by atoms with Gasteiger partial charge in [0.05, 0.1) is 16.9 Å². The number of carboxylic acids is 1. The van der Waals surface area contributed by atoms with Crippen molar-refractivity contribution in [1.29, 1.82) is 0 Å². The number of nitrogens with zero attached hydrogens (tertiary/aromatic N) is 4. The van der Waals surface area contributed by atoms with Gasteiger partial charge in [0.1, 0.15) is 0 Å². The smallest absolute Gasteiger partial charge is 0.356 e. The fourth-order valence-electron chi connectivity index (χ4n) is 1.68. The fourth-order valence-corrected chi connectivity index (χ4v) is 1.91. The number of hydrogen-bond donors (Lipinski definition) is 2. The standard InChI is InChI=1S/C11H12ClN5O3/c1-3-17-5-6(12)8(15-17)10(18)14-7-4-13-16(2)9(7)11(19)20/h4-5H,3H2,1-2H3,(H,14,18)(H,19,20). The van der Waals surface area contributed by atoms with E-state index >= 15 is 0 Å². The van der Waals surface area contributed by atoms with Gasteiger partial charge in [-0.25, -0.2) is 4.79 Å². The first kappa shape index (κ1) is 14.1. The Labute approximate surface area is 118 Å². The topological polar surface area (TPSA) is 102 Å². The molecule has 1 amide bonds. The highest BCUT2D eigenvalue weighted by atomic mass is 35.5. The molecule has 0 bridgehead atoms. The van der Waals surface area contributed by atoms with E-state index in [2.05, 4.69) is 15.5 Å². The number of aryl methyl sites for hydroxylation is 2. The number of carboxylic acid groups (broad SMARTS) is 1. The van der Waals surface area contributed by atoms with Crippen molar-refractivity contribution in [3.8, 4) is 0 Å². The van der Waals surface area contributed by atoms with Crippen LogP contribution >= 0.6 is 11.6 Å². The SMILES string of the molecule is CCn1cc(Cl)c(C(=O)Nc2cnn(C)c2C(=O)O)n1. The number of halogens is 1. The number of carbonyl (C=O) groups is 2. The lowest BCUT2D eigenvalue weighted by molar-refractivity contribution is 0.0686. The van der Waals surface area contributed by atoms with Gasteiger partial charge in [-0.1, -0.05) is 11.6 Å². The number of amides is 1. The van der Waals surface area contributed by atoms with Crippen molar-refractivity contribution in [3.05, 3.63) is 28.8 Å². The van der Waals surface area contributed by atoms with Gasteiger partial charge < -0.3 is 10.4 Å². The lowest BCUT2D eigenvalue weighted by Crippen LogP contribution is -2.16. The lowest BCUT2D eigenvalue weighted by Gasteiger charge is -2.03. The van der Waals surface area contributed by atoms with E-state index in [9.17, 15) is 9.59 Å². The molecule has 0 unspecified atom stereocenters. The van der Waals surface area contributed by atoms with Gasteiger partial charge in [0.25, 0.3) is 5.91 Å². The van der Waals surface area contributed by atoms with E-state index in [1.165, 1.54) is 24.1 Å². The van der Waals surface area contributed by atoms with Gasteiger partial charge in [0.15, 0.2) is 11.4 Å². The summed E-state index contributed by atoms with van der Waals surface area (Å²) in [7, 11) is 1.47. The van der Waals surface area contributed by atoms with Crippen LogP contribution in [-0.2, 0) is 13.6 Å². The minimum absolute atomic E-state index is 0.0358. The molecule has 0 aliphatic rings. The molecule has 106 valence electrons. The van der Waals surface area contributed by atoms with Crippen molar-refractivity contribution in [2.75, 3.05) is 5.32 Å². The summed E-state index contributed by atoms with van der Waals surface area (Å²) >= 11 is 5.91. The molecule has 0 aliphatic heterocycles. The van der Waals surface area contributed by atoms with Gasteiger partial charge in [0, 0.05) is 19.8 Å². The summed E-state index contributed by atoms with van der Waals surface area (Å²) in [5, 5.41) is 19.5. The van der Waals surface area contributed by atoms with E-state index in [4.69, 9.17) is 16.7 Å². The summed E-state index contributed by atoms with van der Waals surface area (Å²) in [6.07, 6.45) is 2.78. The third kappa shape index (κ3) is 2.50. The van der Waals surface area contributed by atoms with E-state index in [-0.39, 0.29) is 22.1 Å². The Kier molecular flexibility index (Phi) is 3.75. The van der Waals surface area contributed by atoms with Crippen LogP contribution in [0.25, 0.3) is 0 Å². The third-order valence-corrected chi connectivity index (χ3v) is 2.92. The van der Waals surface area contributed by atoms with Crippen LogP contribution in [0.3, 0.4) is 0 Å². The highest BCUT2D eigenvalue weighted by molar-refractivity contribution is 6.34. The van der Waals surface area contributed by atoms with Crippen molar-refractivity contribution in [3.63, 3.8) is 0 Å². The highest BCUT2D eigenvalue weighted by Crippen LogP contribution is 2.18. The number of rotatable bonds is 4. The highest BCUT2D eigenvalue weighted by Gasteiger charge is 2.21. The van der Waals surface area contributed by atoms with Crippen LogP contribution in [0.15, 0.2) is 12.4 Å². The molecule has 9 heteroatoms. The molecule has 0 spiro atoms. The molecule has 8 nitrogen and oxygen atoms in total. The zero-order valence-electron chi connectivity index (χ0n) is 10.8. The number of hydrogen-bond acceptors (Lipinski definition) is 4. The largest absolute Gasteiger partial charge is 0.476 e. The van der Waals surface area contributed by atoms with Crippen molar-refractivity contribution < 1.29 is 14.7 Å². The molecular formula is C11H12ClN5O3. The molecule has 20 heavy (non-hydrogen) atoms. The zero-order chi connectivity index (χ0) is 14.9. The second-order valence-corrected chi connectivity index (χ2v) is 4.38. The average Bonchev–Trinajstić information content (AvgIpc) is 2.92. The van der Waals surface area contributed by atoms with E-state index < -0.39 is 11.9 Å². The molecule has 0 saturated carbocycles. The van der Waals surface area contributed by atoms with Gasteiger partial charge in [-0.2, -0.15) is 10.2 Å². The molecule has 0 aromatic carbocycles. The maximum atomic E-state index is 12.0. The summed E-state index contributed by atoms with van der Waals surface area (Å²) in [4.78, 5) is 23.1. The first-order valence-electron chi connectivity index (χ1n) is 5.73. The molecule has 0 fully saturated rings. The molecule has 0 radical (unpaired) electrons. The number of nitrogens with one attached hydrogen (secondary N) is 1. The van der Waals surface area contributed by atoms with Crippen molar-refractivity contribution in [2.24, 2.45) is 7.05 Å². The minimum atomic E-state index is -1.19. The Morgan fingerprint density at radius 2 is 2.20 bits per heavy atom. The quantitative estimate of drug-likeness (QED) is 0.884. The molecule has 2 rings (SSSR count). The van der Waals surface area contributed by atoms with Crippen LogP contribution in [-0.4, -0.2) is 36.5 Å². The Bertz CT molecular complexity index is 676. The lowest BCUT2D eigenvalue weighted by atomic mass is 10.3. The zero-order valence-corrected chi connectivity index (χ0v) is 11.5. The molecular weight excluding hydrogens is 286 g/mol. The maximum absolute atomic E-state index is 12.0. The van der Waals surface area contributed by atoms with Crippen molar-refractivity contribution >= 4 is 29.2 Å². The normalized spacial score (nSPS) is 10.6. The summed E-state index contributed by atoms with van der Waals surface area (Å²) in [5.41, 5.74) is 0.00483. The van der Waals surface area contributed by atoms with Crippen LogP contribution in [0.5, 0.6) is 0 Å². The Morgan fingerprint density at radius 3 is 2.75 bits per heavy atom. The van der Waals surface area contributed by atoms with Crippen LogP contribution in [0.4, 0.5) is 5.69 Å². The molecule has 0 saturated heterocycles. The van der Waals surface area contributed by atoms with E-state index in [0.29, 0.717) is 6.54 Å². The second-order valence-electron chi connectivity index (χ2n) is 3.97. The molecule has 0 atom stereocenters. The van der Waals surface area contributed by atoms with E-state index in [1.54, 1.807) is 0 Å². The Morgan fingerprint density at radius 1 is 1.50 bits per heavy atom. The third-order valence-electron chi connectivity index (χ3n) is 2.65. The first-order chi connectivity index (χ1) is 9.43. The maximum Gasteiger partial charge on any atom is 0.356 e. The van der Waals surface area contributed by atoms with Crippen molar-refractivity contribution in [1.82, 2.24) is 19.6 Å². The van der Waals surface area contributed by atoms with Gasteiger partial charge in [-0.3, -0.25) is 14.2 Å². The number of aromatic carboxylic acids is 1. The predicted octanol–water partition coefficient (Wildman–Crippen LogP) is 1.24. The van der Waals surface area contributed by atoms with Gasteiger partial charge in [0.2, 0.25) is 0 Å². The molecule has 2 heterocycles. The van der Waals surface area contributed by atoms with Crippen LogP contribution < -0.4 is 5.32 Å².